The standard InChI is InChI=1S/C18H29N5O2S/c1-18(2,3)15-20-21-16(26-15)19-17(25)23-11-9-22(10-12-23)14(24)13-7-5-4-6-8-13/h13H,4-12H2,1-3H3,(H,19,21,25). The first kappa shape index (κ1) is 19.1. The first-order chi connectivity index (χ1) is 12.3. The van der Waals surface area contributed by atoms with Crippen LogP contribution in [-0.4, -0.2) is 58.1 Å². The second-order valence-corrected chi connectivity index (χ2v) is 9.22. The van der Waals surface area contributed by atoms with Crippen LogP contribution in [0, 0.1) is 5.92 Å². The lowest BCUT2D eigenvalue weighted by molar-refractivity contribution is -0.138. The molecule has 7 nitrogen and oxygen atoms in total. The lowest BCUT2D eigenvalue weighted by Gasteiger charge is -2.36. The molecule has 1 saturated carbocycles. The molecule has 1 saturated heterocycles. The summed E-state index contributed by atoms with van der Waals surface area (Å²) in [6.07, 6.45) is 5.62. The second-order valence-electron chi connectivity index (χ2n) is 8.24. The molecule has 144 valence electrons. The number of rotatable bonds is 2. The summed E-state index contributed by atoms with van der Waals surface area (Å²) in [5.41, 5.74) is -0.0776. The number of carbonyl (C=O) groups is 2. The van der Waals surface area contributed by atoms with Gasteiger partial charge < -0.3 is 9.80 Å². The molecule has 0 spiro atoms. The van der Waals surface area contributed by atoms with Gasteiger partial charge in [-0.25, -0.2) is 4.79 Å². The number of amides is 3. The summed E-state index contributed by atoms with van der Waals surface area (Å²) in [4.78, 5) is 28.7. The van der Waals surface area contributed by atoms with Crippen LogP contribution >= 0.6 is 11.3 Å². The van der Waals surface area contributed by atoms with Crippen LogP contribution in [0.2, 0.25) is 0 Å². The molecular formula is C18H29N5O2S. The Labute approximate surface area is 159 Å². The number of hydrogen-bond acceptors (Lipinski definition) is 5. The molecule has 2 fully saturated rings. The van der Waals surface area contributed by atoms with Crippen molar-refractivity contribution in [3.8, 4) is 0 Å². The smallest absolute Gasteiger partial charge is 0.323 e. The Morgan fingerprint density at radius 3 is 2.19 bits per heavy atom. The van der Waals surface area contributed by atoms with Gasteiger partial charge in [0.1, 0.15) is 5.01 Å². The third-order valence-corrected chi connectivity index (χ3v) is 6.38. The molecule has 0 unspecified atom stereocenters. The summed E-state index contributed by atoms with van der Waals surface area (Å²) in [5, 5.41) is 12.5. The minimum Gasteiger partial charge on any atom is -0.339 e. The Hall–Kier alpha value is -1.70. The molecule has 0 radical (unpaired) electrons. The van der Waals surface area contributed by atoms with Crippen LogP contribution in [0.4, 0.5) is 9.93 Å². The van der Waals surface area contributed by atoms with Crippen molar-refractivity contribution in [2.75, 3.05) is 31.5 Å². The molecule has 3 amide bonds. The summed E-state index contributed by atoms with van der Waals surface area (Å²) in [7, 11) is 0. The van der Waals surface area contributed by atoms with Gasteiger partial charge in [0.2, 0.25) is 11.0 Å². The number of urea groups is 1. The van der Waals surface area contributed by atoms with Gasteiger partial charge >= 0.3 is 6.03 Å². The summed E-state index contributed by atoms with van der Waals surface area (Å²) in [6, 6.07) is -0.161. The van der Waals surface area contributed by atoms with E-state index in [0.717, 1.165) is 30.7 Å². The highest BCUT2D eigenvalue weighted by molar-refractivity contribution is 7.15. The van der Waals surface area contributed by atoms with Gasteiger partial charge in [0.25, 0.3) is 0 Å². The van der Waals surface area contributed by atoms with Gasteiger partial charge in [-0.05, 0) is 12.8 Å². The summed E-state index contributed by atoms with van der Waals surface area (Å²) < 4.78 is 0. The largest absolute Gasteiger partial charge is 0.339 e. The number of nitrogens with one attached hydrogen (secondary N) is 1. The van der Waals surface area contributed by atoms with Gasteiger partial charge in [-0.2, -0.15) is 0 Å². The summed E-state index contributed by atoms with van der Waals surface area (Å²) in [5.74, 6) is 0.477. The van der Waals surface area contributed by atoms with E-state index in [9.17, 15) is 9.59 Å². The molecule has 2 aliphatic rings. The second kappa shape index (κ2) is 7.90. The highest BCUT2D eigenvalue weighted by Gasteiger charge is 2.30. The first-order valence-electron chi connectivity index (χ1n) is 9.53. The molecule has 2 heterocycles. The third kappa shape index (κ3) is 4.52. The van der Waals surface area contributed by atoms with Crippen LogP contribution < -0.4 is 5.32 Å². The normalized spacial score (nSPS) is 19.5. The topological polar surface area (TPSA) is 78.4 Å². The maximum Gasteiger partial charge on any atom is 0.323 e. The zero-order valence-corrected chi connectivity index (χ0v) is 16.8. The number of piperazine rings is 1. The van der Waals surface area contributed by atoms with E-state index in [1.54, 1.807) is 4.90 Å². The van der Waals surface area contributed by atoms with E-state index in [-0.39, 0.29) is 23.3 Å². The molecule has 0 aromatic carbocycles. The minimum atomic E-state index is -0.161. The predicted octanol–water partition coefficient (Wildman–Crippen LogP) is 3.09. The molecule has 1 aromatic rings. The maximum atomic E-state index is 12.6. The molecule has 1 N–H and O–H groups in total. The highest BCUT2D eigenvalue weighted by Crippen LogP contribution is 2.28. The van der Waals surface area contributed by atoms with E-state index in [0.29, 0.717) is 31.3 Å². The number of hydrogen-bond donors (Lipinski definition) is 1. The van der Waals surface area contributed by atoms with Crippen molar-refractivity contribution in [3.63, 3.8) is 0 Å². The van der Waals surface area contributed by atoms with Gasteiger partial charge in [0.15, 0.2) is 0 Å². The number of nitrogens with zero attached hydrogens (tertiary/aromatic N) is 4. The Balaban J connectivity index is 1.49. The summed E-state index contributed by atoms with van der Waals surface area (Å²) >= 11 is 1.41. The Bertz CT molecular complexity index is 640. The zero-order valence-electron chi connectivity index (χ0n) is 16.0. The molecule has 1 aliphatic carbocycles. The average Bonchev–Trinajstić information content (AvgIpc) is 3.11. The zero-order chi connectivity index (χ0) is 18.7. The summed E-state index contributed by atoms with van der Waals surface area (Å²) in [6.45, 7) is 8.58. The van der Waals surface area contributed by atoms with Gasteiger partial charge in [-0.1, -0.05) is 51.4 Å². The van der Waals surface area contributed by atoms with Crippen LogP contribution in [0.1, 0.15) is 57.9 Å². The van der Waals surface area contributed by atoms with Crippen LogP contribution in [0.25, 0.3) is 0 Å². The van der Waals surface area contributed by atoms with E-state index in [4.69, 9.17) is 0 Å². The molecular weight excluding hydrogens is 350 g/mol. The maximum absolute atomic E-state index is 12.6. The van der Waals surface area contributed by atoms with E-state index >= 15 is 0 Å². The van der Waals surface area contributed by atoms with E-state index in [1.165, 1.54) is 17.8 Å². The van der Waals surface area contributed by atoms with Crippen molar-refractivity contribution in [2.45, 2.75) is 58.3 Å². The SMILES string of the molecule is CC(C)(C)c1nnc(NC(=O)N2CCN(C(=O)C3CCCCC3)CC2)s1. The fraction of sp³-hybridized carbons (Fsp3) is 0.778. The Morgan fingerprint density at radius 2 is 1.62 bits per heavy atom. The minimum absolute atomic E-state index is 0.0776. The van der Waals surface area contributed by atoms with Crippen LogP contribution in [0.15, 0.2) is 0 Å². The van der Waals surface area contributed by atoms with Crippen LogP contribution in [-0.2, 0) is 10.2 Å². The van der Waals surface area contributed by atoms with E-state index < -0.39 is 0 Å². The Kier molecular flexibility index (Phi) is 5.79. The van der Waals surface area contributed by atoms with Crippen molar-refractivity contribution in [1.29, 1.82) is 0 Å². The molecule has 26 heavy (non-hydrogen) atoms. The first-order valence-corrected chi connectivity index (χ1v) is 10.3. The van der Waals surface area contributed by atoms with Crippen LogP contribution in [0.5, 0.6) is 0 Å². The molecule has 1 aliphatic heterocycles. The molecule has 1 aromatic heterocycles. The van der Waals surface area contributed by atoms with Crippen molar-refractivity contribution in [3.05, 3.63) is 5.01 Å². The van der Waals surface area contributed by atoms with E-state index in [2.05, 4.69) is 36.3 Å². The van der Waals surface area contributed by atoms with Crippen LogP contribution in [0.3, 0.4) is 0 Å². The van der Waals surface area contributed by atoms with Crippen molar-refractivity contribution >= 4 is 28.4 Å². The van der Waals surface area contributed by atoms with Crippen molar-refractivity contribution < 1.29 is 9.59 Å². The Morgan fingerprint density at radius 1 is 1.00 bits per heavy atom. The van der Waals surface area contributed by atoms with E-state index in [1.807, 2.05) is 4.90 Å². The van der Waals surface area contributed by atoms with Gasteiger partial charge in [-0.15, -0.1) is 10.2 Å². The lowest BCUT2D eigenvalue weighted by Crippen LogP contribution is -2.53. The lowest BCUT2D eigenvalue weighted by atomic mass is 9.88. The molecule has 8 heteroatoms. The number of aromatic nitrogens is 2. The van der Waals surface area contributed by atoms with Gasteiger partial charge in [-0.3, -0.25) is 10.1 Å². The number of carbonyl (C=O) groups excluding carboxylic acids is 2. The number of anilines is 1. The molecule has 3 rings (SSSR count). The quantitative estimate of drug-likeness (QED) is 0.856. The molecule has 0 atom stereocenters. The van der Waals surface area contributed by atoms with Gasteiger partial charge in [0.05, 0.1) is 0 Å². The average molecular weight is 380 g/mol. The molecule has 0 bridgehead atoms. The third-order valence-electron chi connectivity index (χ3n) is 5.11. The fourth-order valence-corrected chi connectivity index (χ4v) is 4.28. The van der Waals surface area contributed by atoms with Crippen molar-refractivity contribution in [2.24, 2.45) is 5.92 Å². The predicted molar refractivity (Wildman–Crippen MR) is 102 cm³/mol. The fourth-order valence-electron chi connectivity index (χ4n) is 3.49. The van der Waals surface area contributed by atoms with Gasteiger partial charge in [0, 0.05) is 37.5 Å². The van der Waals surface area contributed by atoms with Crippen molar-refractivity contribution in [1.82, 2.24) is 20.0 Å². The highest BCUT2D eigenvalue weighted by atomic mass is 32.1. The monoisotopic (exact) mass is 379 g/mol.